The molecule has 0 aliphatic carbocycles. The van der Waals surface area contributed by atoms with Crippen LogP contribution >= 0.6 is 11.6 Å². The van der Waals surface area contributed by atoms with Crippen LogP contribution in [-0.2, 0) is 7.05 Å². The van der Waals surface area contributed by atoms with Crippen molar-refractivity contribution in [1.82, 2.24) is 24.4 Å². The Hall–Kier alpha value is -2.74. The van der Waals surface area contributed by atoms with Crippen molar-refractivity contribution in [2.75, 3.05) is 5.32 Å². The molecule has 22 heavy (non-hydrogen) atoms. The van der Waals surface area contributed by atoms with Crippen molar-refractivity contribution in [1.29, 1.82) is 0 Å². The number of hydrogen-bond acceptors (Lipinski definition) is 5. The van der Waals surface area contributed by atoms with Gasteiger partial charge in [-0.25, -0.2) is 14.2 Å². The van der Waals surface area contributed by atoms with Crippen LogP contribution in [0.2, 0.25) is 5.02 Å². The molecule has 3 rings (SSSR count). The molecule has 2 aromatic heterocycles. The van der Waals surface area contributed by atoms with E-state index >= 15 is 0 Å². The maximum Gasteiger partial charge on any atom is 0.352 e. The Morgan fingerprint density at radius 1 is 1.32 bits per heavy atom. The highest BCUT2D eigenvalue weighted by Gasteiger charge is 2.17. The molecule has 9 heteroatoms. The van der Waals surface area contributed by atoms with Crippen molar-refractivity contribution in [2.24, 2.45) is 7.05 Å². The molecule has 0 spiro atoms. The molecule has 2 heterocycles. The van der Waals surface area contributed by atoms with Crippen LogP contribution in [0.1, 0.15) is 16.1 Å². The molecule has 1 N–H and O–H groups in total. The summed E-state index contributed by atoms with van der Waals surface area (Å²) in [7, 11) is 1.46. The summed E-state index contributed by atoms with van der Waals surface area (Å²) in [6, 6.07) is 5.17. The first-order valence-corrected chi connectivity index (χ1v) is 6.69. The fourth-order valence-corrected chi connectivity index (χ4v) is 2.33. The van der Waals surface area contributed by atoms with Gasteiger partial charge in [0.25, 0.3) is 5.91 Å². The molecule has 0 aliphatic heterocycles. The second-order valence-electron chi connectivity index (χ2n) is 4.75. The van der Waals surface area contributed by atoms with Gasteiger partial charge in [0.1, 0.15) is 6.33 Å². The molecule has 0 atom stereocenters. The van der Waals surface area contributed by atoms with Crippen LogP contribution in [0.3, 0.4) is 0 Å². The Kier molecular flexibility index (Phi) is 3.38. The molecule has 0 saturated heterocycles. The van der Waals surface area contributed by atoms with Crippen LogP contribution < -0.4 is 11.0 Å². The topological polar surface area (TPSA) is 94.2 Å². The highest BCUT2D eigenvalue weighted by Crippen LogP contribution is 2.19. The van der Waals surface area contributed by atoms with E-state index in [1.807, 2.05) is 6.92 Å². The summed E-state index contributed by atoms with van der Waals surface area (Å²) in [4.78, 5) is 28.1. The summed E-state index contributed by atoms with van der Waals surface area (Å²) in [5.41, 5.74) is 1.12. The molecule has 0 aliphatic rings. The average Bonchev–Trinajstić information content (AvgIpc) is 2.86. The third-order valence-electron chi connectivity index (χ3n) is 3.01. The number of nitrogens with one attached hydrogen (secondary N) is 1. The minimum Gasteiger partial charge on any atom is -0.320 e. The van der Waals surface area contributed by atoms with Gasteiger partial charge in [0.15, 0.2) is 11.3 Å². The summed E-state index contributed by atoms with van der Waals surface area (Å²) in [6.07, 6.45) is 1.24. The Balaban J connectivity index is 1.99. The zero-order valence-electron chi connectivity index (χ0n) is 11.7. The standard InChI is InChI=1S/C13H11ClN6O2/c1-7-3-8(14)5-9(4-7)16-12(21)10-11-17-18-19(2)13(22)20(11)6-15-10/h3-6H,1-2H3,(H,16,21). The largest absolute Gasteiger partial charge is 0.352 e. The van der Waals surface area contributed by atoms with E-state index < -0.39 is 11.6 Å². The van der Waals surface area contributed by atoms with Crippen molar-refractivity contribution < 1.29 is 4.79 Å². The first kappa shape index (κ1) is 14.2. The van der Waals surface area contributed by atoms with Gasteiger partial charge in [-0.3, -0.25) is 4.79 Å². The highest BCUT2D eigenvalue weighted by atomic mass is 35.5. The van der Waals surface area contributed by atoms with Crippen LogP contribution in [0.15, 0.2) is 29.3 Å². The first-order chi connectivity index (χ1) is 10.5. The minimum atomic E-state index is -0.494. The van der Waals surface area contributed by atoms with E-state index in [1.165, 1.54) is 13.4 Å². The smallest absolute Gasteiger partial charge is 0.320 e. The van der Waals surface area contributed by atoms with E-state index in [2.05, 4.69) is 20.6 Å². The van der Waals surface area contributed by atoms with Gasteiger partial charge in [0.05, 0.1) is 0 Å². The number of carbonyl (C=O) groups is 1. The van der Waals surface area contributed by atoms with Gasteiger partial charge in [0, 0.05) is 17.8 Å². The number of aryl methyl sites for hydroxylation is 2. The monoisotopic (exact) mass is 318 g/mol. The predicted molar refractivity (Wildman–Crippen MR) is 80.2 cm³/mol. The maximum absolute atomic E-state index is 12.3. The van der Waals surface area contributed by atoms with Crippen LogP contribution in [-0.4, -0.2) is 30.3 Å². The molecular weight excluding hydrogens is 308 g/mol. The lowest BCUT2D eigenvalue weighted by Crippen LogP contribution is -2.27. The van der Waals surface area contributed by atoms with Crippen molar-refractivity contribution in [3.05, 3.63) is 51.3 Å². The highest BCUT2D eigenvalue weighted by molar-refractivity contribution is 6.31. The number of nitrogens with zero attached hydrogens (tertiary/aromatic N) is 5. The molecule has 0 saturated carbocycles. The second kappa shape index (κ2) is 5.23. The molecule has 0 bridgehead atoms. The van der Waals surface area contributed by atoms with E-state index in [-0.39, 0.29) is 11.3 Å². The molecule has 1 amide bonds. The lowest BCUT2D eigenvalue weighted by molar-refractivity contribution is 0.102. The number of hydrogen-bond donors (Lipinski definition) is 1. The van der Waals surface area contributed by atoms with Gasteiger partial charge in [-0.1, -0.05) is 16.8 Å². The minimum absolute atomic E-state index is 0.0165. The van der Waals surface area contributed by atoms with E-state index in [4.69, 9.17) is 11.6 Å². The third kappa shape index (κ3) is 2.44. The van der Waals surface area contributed by atoms with Crippen molar-refractivity contribution in [2.45, 2.75) is 6.92 Å². The number of fused-ring (bicyclic) bond motifs is 1. The van der Waals surface area contributed by atoms with Gasteiger partial charge >= 0.3 is 5.69 Å². The van der Waals surface area contributed by atoms with Gasteiger partial charge in [-0.05, 0) is 30.7 Å². The number of anilines is 1. The first-order valence-electron chi connectivity index (χ1n) is 6.31. The van der Waals surface area contributed by atoms with Gasteiger partial charge in [0.2, 0.25) is 0 Å². The third-order valence-corrected chi connectivity index (χ3v) is 3.23. The molecular formula is C13H11ClN6O2. The lowest BCUT2D eigenvalue weighted by atomic mass is 10.2. The summed E-state index contributed by atoms with van der Waals surface area (Å²) < 4.78 is 2.21. The fourth-order valence-electron chi connectivity index (χ4n) is 2.04. The zero-order chi connectivity index (χ0) is 15.9. The van der Waals surface area contributed by atoms with Gasteiger partial charge in [-0.15, -0.1) is 5.10 Å². The van der Waals surface area contributed by atoms with E-state index in [0.717, 1.165) is 14.6 Å². The van der Waals surface area contributed by atoms with Crippen molar-refractivity contribution >= 4 is 28.8 Å². The van der Waals surface area contributed by atoms with Crippen LogP contribution in [0.4, 0.5) is 5.69 Å². The molecule has 8 nitrogen and oxygen atoms in total. The molecule has 112 valence electrons. The molecule has 0 radical (unpaired) electrons. The molecule has 0 unspecified atom stereocenters. The quantitative estimate of drug-likeness (QED) is 0.761. The molecule has 3 aromatic rings. The van der Waals surface area contributed by atoms with Crippen LogP contribution in [0, 0.1) is 6.92 Å². The molecule has 0 fully saturated rings. The number of benzene rings is 1. The second-order valence-corrected chi connectivity index (χ2v) is 5.19. The Morgan fingerprint density at radius 3 is 2.82 bits per heavy atom. The Bertz CT molecular complexity index is 925. The number of halogens is 1. The normalized spacial score (nSPS) is 10.9. The summed E-state index contributed by atoms with van der Waals surface area (Å²) >= 11 is 5.95. The number of carbonyl (C=O) groups excluding carboxylic acids is 1. The van der Waals surface area contributed by atoms with Crippen LogP contribution in [0.25, 0.3) is 5.65 Å². The zero-order valence-corrected chi connectivity index (χ0v) is 12.5. The van der Waals surface area contributed by atoms with Gasteiger partial charge in [-0.2, -0.15) is 4.68 Å². The number of amides is 1. The summed E-state index contributed by atoms with van der Waals surface area (Å²) in [5.74, 6) is -0.494. The summed E-state index contributed by atoms with van der Waals surface area (Å²) in [5, 5.41) is 10.7. The van der Waals surface area contributed by atoms with Crippen molar-refractivity contribution in [3.8, 4) is 0 Å². The summed E-state index contributed by atoms with van der Waals surface area (Å²) in [6.45, 7) is 1.86. The number of aromatic nitrogens is 5. The van der Waals surface area contributed by atoms with Crippen molar-refractivity contribution in [3.63, 3.8) is 0 Å². The van der Waals surface area contributed by atoms with Gasteiger partial charge < -0.3 is 5.32 Å². The molecule has 1 aromatic carbocycles. The average molecular weight is 319 g/mol. The Morgan fingerprint density at radius 2 is 2.09 bits per heavy atom. The van der Waals surface area contributed by atoms with E-state index in [1.54, 1.807) is 18.2 Å². The van der Waals surface area contributed by atoms with E-state index in [9.17, 15) is 9.59 Å². The lowest BCUT2D eigenvalue weighted by Gasteiger charge is -2.05. The predicted octanol–water partition coefficient (Wildman–Crippen LogP) is 1.04. The van der Waals surface area contributed by atoms with E-state index in [0.29, 0.717) is 10.7 Å². The maximum atomic E-state index is 12.3. The SMILES string of the molecule is Cc1cc(Cl)cc(NC(=O)c2ncn3c(=O)n(C)nnc23)c1. The fraction of sp³-hybridized carbons (Fsp3) is 0.154. The Labute approximate surface area is 129 Å². The van der Waals surface area contributed by atoms with Crippen LogP contribution in [0.5, 0.6) is 0 Å². The number of rotatable bonds is 2. The number of imidazole rings is 1.